The van der Waals surface area contributed by atoms with Crippen molar-refractivity contribution >= 4 is 5.69 Å². The normalized spacial score (nSPS) is 10.1. The van der Waals surface area contributed by atoms with Gasteiger partial charge in [0.25, 0.3) is 5.69 Å². The number of ether oxygens (including phenoxy) is 2. The Labute approximate surface area is 114 Å². The van der Waals surface area contributed by atoms with E-state index >= 15 is 0 Å². The van der Waals surface area contributed by atoms with E-state index in [-0.39, 0.29) is 12.3 Å². The molecule has 0 bridgehead atoms. The predicted octanol–water partition coefficient (Wildman–Crippen LogP) is 3.32. The van der Waals surface area contributed by atoms with Crippen LogP contribution in [0.3, 0.4) is 0 Å². The Bertz CT molecular complexity index is 630. The highest BCUT2D eigenvalue weighted by Gasteiger charge is 2.08. The molecule has 0 N–H and O–H groups in total. The summed E-state index contributed by atoms with van der Waals surface area (Å²) in [5.74, 6) is 0.283. The lowest BCUT2D eigenvalue weighted by Gasteiger charge is -2.08. The zero-order chi connectivity index (χ0) is 14.5. The maximum atomic E-state index is 13.7. The summed E-state index contributed by atoms with van der Waals surface area (Å²) < 4.78 is 23.9. The van der Waals surface area contributed by atoms with Gasteiger partial charge in [0.05, 0.1) is 18.1 Å². The second-order valence-electron chi connectivity index (χ2n) is 4.00. The van der Waals surface area contributed by atoms with Crippen molar-refractivity contribution in [1.29, 1.82) is 0 Å². The molecule has 0 aromatic heterocycles. The molecule has 0 aliphatic rings. The summed E-state index contributed by atoms with van der Waals surface area (Å²) in [5.41, 5.74) is 0.273. The predicted molar refractivity (Wildman–Crippen MR) is 70.4 cm³/mol. The fraction of sp³-hybridized carbons (Fsp3) is 0.143. The van der Waals surface area contributed by atoms with Gasteiger partial charge in [-0.2, -0.15) is 0 Å². The van der Waals surface area contributed by atoms with E-state index < -0.39 is 10.7 Å². The number of nitro groups is 1. The van der Waals surface area contributed by atoms with Gasteiger partial charge in [-0.3, -0.25) is 10.1 Å². The Morgan fingerprint density at radius 1 is 1.20 bits per heavy atom. The maximum absolute atomic E-state index is 13.7. The SMILES string of the molecule is COc1ccc(COc2cccc([N+](=O)[O-])c2)c(F)c1. The number of nitrogens with zero attached hydrogens (tertiary/aromatic N) is 1. The first-order valence-corrected chi connectivity index (χ1v) is 5.80. The number of hydrogen-bond acceptors (Lipinski definition) is 4. The third-order valence-corrected chi connectivity index (χ3v) is 2.68. The zero-order valence-corrected chi connectivity index (χ0v) is 10.7. The molecule has 5 nitrogen and oxygen atoms in total. The van der Waals surface area contributed by atoms with E-state index in [0.717, 1.165) is 0 Å². The van der Waals surface area contributed by atoms with E-state index in [2.05, 4.69) is 0 Å². The Balaban J connectivity index is 2.09. The third-order valence-electron chi connectivity index (χ3n) is 2.68. The molecule has 0 unspecified atom stereocenters. The molecule has 2 aromatic carbocycles. The van der Waals surface area contributed by atoms with Gasteiger partial charge in [0.2, 0.25) is 0 Å². The molecule has 0 spiro atoms. The first-order valence-electron chi connectivity index (χ1n) is 5.80. The lowest BCUT2D eigenvalue weighted by atomic mass is 10.2. The molecule has 6 heteroatoms. The molecule has 0 saturated heterocycles. The Hall–Kier alpha value is -2.63. The van der Waals surface area contributed by atoms with Gasteiger partial charge in [-0.25, -0.2) is 4.39 Å². The van der Waals surface area contributed by atoms with E-state index in [1.807, 2.05) is 0 Å². The molecule has 0 atom stereocenters. The number of halogens is 1. The summed E-state index contributed by atoms with van der Waals surface area (Å²) in [6.45, 7) is -0.0169. The van der Waals surface area contributed by atoms with Gasteiger partial charge in [0, 0.05) is 17.7 Å². The molecule has 104 valence electrons. The maximum Gasteiger partial charge on any atom is 0.273 e. The molecule has 0 heterocycles. The topological polar surface area (TPSA) is 61.6 Å². The minimum absolute atomic E-state index is 0.0169. The highest BCUT2D eigenvalue weighted by molar-refractivity contribution is 5.38. The summed E-state index contributed by atoms with van der Waals surface area (Å²) in [6, 6.07) is 10.2. The van der Waals surface area contributed by atoms with Crippen LogP contribution in [0.5, 0.6) is 11.5 Å². The van der Waals surface area contributed by atoms with Crippen molar-refractivity contribution in [3.05, 3.63) is 64.0 Å². The standard InChI is InChI=1S/C14H12FNO4/c1-19-12-6-5-10(14(15)8-12)9-20-13-4-2-3-11(7-13)16(17)18/h2-8H,9H2,1H3. The van der Waals surface area contributed by atoms with Crippen LogP contribution in [0.2, 0.25) is 0 Å². The molecular weight excluding hydrogens is 265 g/mol. The molecule has 0 fully saturated rings. The van der Waals surface area contributed by atoms with E-state index in [4.69, 9.17) is 9.47 Å². The molecule has 20 heavy (non-hydrogen) atoms. The Morgan fingerprint density at radius 3 is 2.65 bits per heavy atom. The Kier molecular flexibility index (Phi) is 4.14. The van der Waals surface area contributed by atoms with E-state index in [0.29, 0.717) is 17.1 Å². The van der Waals surface area contributed by atoms with Crippen LogP contribution in [0.15, 0.2) is 42.5 Å². The summed E-state index contributed by atoms with van der Waals surface area (Å²) >= 11 is 0. The average Bonchev–Trinajstić information content (AvgIpc) is 2.46. The summed E-state index contributed by atoms with van der Waals surface area (Å²) in [5, 5.41) is 10.6. The number of benzene rings is 2. The minimum atomic E-state index is -0.513. The van der Waals surface area contributed by atoms with Crippen LogP contribution in [0.25, 0.3) is 0 Å². The van der Waals surface area contributed by atoms with Crippen molar-refractivity contribution in [3.63, 3.8) is 0 Å². The first kappa shape index (κ1) is 13.8. The van der Waals surface area contributed by atoms with Crippen LogP contribution in [-0.4, -0.2) is 12.0 Å². The average molecular weight is 277 g/mol. The molecule has 0 radical (unpaired) electrons. The second kappa shape index (κ2) is 6.01. The number of hydrogen-bond donors (Lipinski definition) is 0. The third kappa shape index (κ3) is 3.23. The quantitative estimate of drug-likeness (QED) is 0.621. The molecule has 0 aliphatic carbocycles. The molecular formula is C14H12FNO4. The summed E-state index contributed by atoms with van der Waals surface area (Å²) in [6.07, 6.45) is 0. The van der Waals surface area contributed by atoms with Crippen LogP contribution in [0.4, 0.5) is 10.1 Å². The molecule has 2 aromatic rings. The van der Waals surface area contributed by atoms with Crippen molar-refractivity contribution in [2.45, 2.75) is 6.61 Å². The van der Waals surface area contributed by atoms with Crippen molar-refractivity contribution in [1.82, 2.24) is 0 Å². The van der Waals surface area contributed by atoms with Gasteiger partial charge in [-0.15, -0.1) is 0 Å². The minimum Gasteiger partial charge on any atom is -0.497 e. The first-order chi connectivity index (χ1) is 9.60. The molecule has 2 rings (SSSR count). The van der Waals surface area contributed by atoms with Crippen molar-refractivity contribution in [2.24, 2.45) is 0 Å². The van der Waals surface area contributed by atoms with Gasteiger partial charge in [-0.05, 0) is 18.2 Å². The van der Waals surface area contributed by atoms with E-state index in [1.54, 1.807) is 18.2 Å². The lowest BCUT2D eigenvalue weighted by Crippen LogP contribution is -1.99. The molecule has 0 aliphatic heterocycles. The fourth-order valence-electron chi connectivity index (χ4n) is 1.62. The molecule has 0 amide bonds. The van der Waals surface area contributed by atoms with Crippen LogP contribution >= 0.6 is 0 Å². The zero-order valence-electron chi connectivity index (χ0n) is 10.7. The van der Waals surface area contributed by atoms with Gasteiger partial charge in [0.15, 0.2) is 0 Å². The summed E-state index contributed by atoms with van der Waals surface area (Å²) in [7, 11) is 1.45. The van der Waals surface area contributed by atoms with Crippen LogP contribution in [-0.2, 0) is 6.61 Å². The van der Waals surface area contributed by atoms with Gasteiger partial charge in [-0.1, -0.05) is 6.07 Å². The van der Waals surface area contributed by atoms with Gasteiger partial charge in [0.1, 0.15) is 23.9 Å². The lowest BCUT2D eigenvalue weighted by molar-refractivity contribution is -0.384. The van der Waals surface area contributed by atoms with Crippen LogP contribution < -0.4 is 9.47 Å². The van der Waals surface area contributed by atoms with Crippen molar-refractivity contribution < 1.29 is 18.8 Å². The highest BCUT2D eigenvalue weighted by Crippen LogP contribution is 2.22. The van der Waals surface area contributed by atoms with Crippen LogP contribution in [0, 0.1) is 15.9 Å². The van der Waals surface area contributed by atoms with Gasteiger partial charge >= 0.3 is 0 Å². The van der Waals surface area contributed by atoms with E-state index in [1.165, 1.54) is 31.4 Å². The fourth-order valence-corrected chi connectivity index (χ4v) is 1.62. The van der Waals surface area contributed by atoms with Crippen LogP contribution in [0.1, 0.15) is 5.56 Å². The second-order valence-corrected chi connectivity index (χ2v) is 4.00. The number of nitro benzene ring substituents is 1. The Morgan fingerprint density at radius 2 is 2.00 bits per heavy atom. The molecule has 0 saturated carbocycles. The van der Waals surface area contributed by atoms with Crippen molar-refractivity contribution in [2.75, 3.05) is 7.11 Å². The smallest absolute Gasteiger partial charge is 0.273 e. The van der Waals surface area contributed by atoms with Gasteiger partial charge < -0.3 is 9.47 Å². The number of rotatable bonds is 5. The monoisotopic (exact) mass is 277 g/mol. The van der Waals surface area contributed by atoms with E-state index in [9.17, 15) is 14.5 Å². The number of methoxy groups -OCH3 is 1. The summed E-state index contributed by atoms with van der Waals surface area (Å²) in [4.78, 5) is 10.1. The largest absolute Gasteiger partial charge is 0.497 e. The number of non-ortho nitro benzene ring substituents is 1. The highest BCUT2D eigenvalue weighted by atomic mass is 19.1. The van der Waals surface area contributed by atoms with Crippen molar-refractivity contribution in [3.8, 4) is 11.5 Å².